The van der Waals surface area contributed by atoms with Crippen molar-refractivity contribution in [1.29, 1.82) is 5.26 Å². The SMILES string of the molecule is CNC(=O)NC12CCC(C)(C)CC1C1C(=O)CC3C4(C)C=C(C#N)C(=O)C(C)(C)C4CCC3(C)C1(C)CC2. The van der Waals surface area contributed by atoms with E-state index < -0.39 is 5.41 Å². The molecule has 0 aliphatic heterocycles. The maximum atomic E-state index is 14.5. The summed E-state index contributed by atoms with van der Waals surface area (Å²) in [5, 5.41) is 16.0. The van der Waals surface area contributed by atoms with Gasteiger partial charge in [-0.05, 0) is 84.4 Å². The Morgan fingerprint density at radius 2 is 1.61 bits per heavy atom. The average Bonchev–Trinajstić information content (AvgIpc) is 2.83. The second-order valence-electron chi connectivity index (χ2n) is 15.5. The summed E-state index contributed by atoms with van der Waals surface area (Å²) in [5.41, 5.74) is -1.29. The molecular formula is C32H47N3O3. The zero-order valence-corrected chi connectivity index (χ0v) is 24.7. The average molecular weight is 522 g/mol. The van der Waals surface area contributed by atoms with Crippen LogP contribution in [0.2, 0.25) is 0 Å². The van der Waals surface area contributed by atoms with Crippen molar-refractivity contribution in [3.63, 3.8) is 0 Å². The largest absolute Gasteiger partial charge is 0.341 e. The summed E-state index contributed by atoms with van der Waals surface area (Å²) in [6.07, 6.45) is 9.01. The molecule has 2 amide bonds. The number of urea groups is 1. The van der Waals surface area contributed by atoms with Crippen molar-refractivity contribution in [2.24, 2.45) is 50.7 Å². The second kappa shape index (κ2) is 8.18. The zero-order chi connectivity index (χ0) is 28.1. The first-order valence-electron chi connectivity index (χ1n) is 14.7. The molecule has 2 N–H and O–H groups in total. The van der Waals surface area contributed by atoms with E-state index in [9.17, 15) is 19.6 Å². The van der Waals surface area contributed by atoms with Gasteiger partial charge in [0.1, 0.15) is 11.9 Å². The van der Waals surface area contributed by atoms with Gasteiger partial charge in [-0.2, -0.15) is 5.26 Å². The fourth-order valence-corrected chi connectivity index (χ4v) is 10.8. The minimum absolute atomic E-state index is 0.0514. The van der Waals surface area contributed by atoms with Gasteiger partial charge in [0.2, 0.25) is 0 Å². The van der Waals surface area contributed by atoms with Crippen LogP contribution in [-0.2, 0) is 9.59 Å². The summed E-state index contributed by atoms with van der Waals surface area (Å²) in [7, 11) is 1.66. The van der Waals surface area contributed by atoms with Crippen molar-refractivity contribution in [2.45, 2.75) is 105 Å². The molecule has 6 nitrogen and oxygen atoms in total. The Morgan fingerprint density at radius 1 is 0.947 bits per heavy atom. The fourth-order valence-electron chi connectivity index (χ4n) is 10.8. The van der Waals surface area contributed by atoms with Gasteiger partial charge in [0.25, 0.3) is 0 Å². The van der Waals surface area contributed by atoms with E-state index in [1.165, 1.54) is 0 Å². The highest BCUT2D eigenvalue weighted by Crippen LogP contribution is 2.74. The van der Waals surface area contributed by atoms with Gasteiger partial charge in [0.15, 0.2) is 5.78 Å². The van der Waals surface area contributed by atoms with Crippen molar-refractivity contribution in [1.82, 2.24) is 10.6 Å². The van der Waals surface area contributed by atoms with Gasteiger partial charge in [0, 0.05) is 30.3 Å². The number of amides is 2. The van der Waals surface area contributed by atoms with Crippen LogP contribution in [0.4, 0.5) is 4.79 Å². The molecule has 0 aromatic carbocycles. The highest BCUT2D eigenvalue weighted by atomic mass is 16.2. The lowest BCUT2D eigenvalue weighted by atomic mass is 9.32. The number of carbonyl (C=O) groups is 3. The van der Waals surface area contributed by atoms with Crippen molar-refractivity contribution < 1.29 is 14.4 Å². The molecule has 8 atom stereocenters. The van der Waals surface area contributed by atoms with Crippen LogP contribution >= 0.6 is 0 Å². The number of nitrogens with zero attached hydrogens (tertiary/aromatic N) is 1. The second-order valence-corrected chi connectivity index (χ2v) is 15.5. The first-order chi connectivity index (χ1) is 17.5. The van der Waals surface area contributed by atoms with Gasteiger partial charge in [-0.3, -0.25) is 9.59 Å². The standard InChI is InChI=1S/C32H47N3O3/c1-27(2)11-13-32(35-26(38)34-8)14-12-31(7)24(20(32)17-27)21(36)15-23-29(5)16-19(18-33)25(37)28(3,4)22(29)9-10-30(23,31)6/h16,20,22-24H,9-15,17H2,1-8H3,(H2,34,35,38). The molecule has 0 aromatic heterocycles. The Hall–Kier alpha value is -2.16. The first-order valence-corrected chi connectivity index (χ1v) is 14.7. The Morgan fingerprint density at radius 3 is 2.24 bits per heavy atom. The van der Waals surface area contributed by atoms with Gasteiger partial charge in [-0.1, -0.05) is 54.5 Å². The van der Waals surface area contributed by atoms with E-state index in [-0.39, 0.29) is 68.3 Å². The monoisotopic (exact) mass is 521 g/mol. The van der Waals surface area contributed by atoms with E-state index in [1.54, 1.807) is 7.05 Å². The Balaban J connectivity index is 1.62. The van der Waals surface area contributed by atoms with Crippen LogP contribution in [0, 0.1) is 62.1 Å². The van der Waals surface area contributed by atoms with Crippen LogP contribution < -0.4 is 10.6 Å². The number of rotatable bonds is 1. The summed E-state index contributed by atoms with van der Waals surface area (Å²) in [5.74, 6) is 0.458. The molecule has 8 unspecified atom stereocenters. The molecule has 4 fully saturated rings. The van der Waals surface area contributed by atoms with Crippen LogP contribution in [0.5, 0.6) is 0 Å². The van der Waals surface area contributed by atoms with E-state index in [0.29, 0.717) is 12.2 Å². The lowest BCUT2D eigenvalue weighted by Gasteiger charge is -2.72. The van der Waals surface area contributed by atoms with E-state index in [1.807, 2.05) is 19.9 Å². The highest BCUT2D eigenvalue weighted by Gasteiger charge is 2.72. The fraction of sp³-hybridized carbons (Fsp3) is 0.812. The molecule has 0 bridgehead atoms. The van der Waals surface area contributed by atoms with Gasteiger partial charge in [0.05, 0.1) is 5.57 Å². The van der Waals surface area contributed by atoms with Crippen LogP contribution in [0.25, 0.3) is 0 Å². The van der Waals surface area contributed by atoms with Gasteiger partial charge in [-0.15, -0.1) is 0 Å². The number of ketones is 2. The van der Waals surface area contributed by atoms with Crippen molar-refractivity contribution >= 4 is 17.6 Å². The summed E-state index contributed by atoms with van der Waals surface area (Å²) in [6, 6.07) is 2.06. The van der Waals surface area contributed by atoms with E-state index in [2.05, 4.69) is 51.3 Å². The molecular weight excluding hydrogens is 474 g/mol. The number of nitriles is 1. The molecule has 6 heteroatoms. The summed E-state index contributed by atoms with van der Waals surface area (Å²) in [4.78, 5) is 40.4. The van der Waals surface area contributed by atoms with E-state index in [0.717, 1.165) is 44.9 Å². The molecule has 0 radical (unpaired) electrons. The van der Waals surface area contributed by atoms with E-state index >= 15 is 0 Å². The molecule has 208 valence electrons. The third kappa shape index (κ3) is 3.38. The Labute approximate surface area is 228 Å². The lowest BCUT2D eigenvalue weighted by molar-refractivity contribution is -0.214. The number of fused-ring (bicyclic) bond motifs is 7. The van der Waals surface area contributed by atoms with Crippen LogP contribution in [0.1, 0.15) is 99.8 Å². The molecule has 0 spiro atoms. The first kappa shape index (κ1) is 27.4. The minimum Gasteiger partial charge on any atom is -0.341 e. The maximum absolute atomic E-state index is 14.5. The highest BCUT2D eigenvalue weighted by molar-refractivity contribution is 6.04. The molecule has 0 aromatic rings. The molecule has 0 saturated heterocycles. The molecule has 4 saturated carbocycles. The third-order valence-corrected chi connectivity index (χ3v) is 13.1. The quantitative estimate of drug-likeness (QED) is 0.444. The van der Waals surface area contributed by atoms with Crippen LogP contribution in [0.3, 0.4) is 0 Å². The normalized spacial score (nSPS) is 46.8. The number of allylic oxidation sites excluding steroid dienone is 2. The smallest absolute Gasteiger partial charge is 0.314 e. The number of carbonyl (C=O) groups excluding carboxylic acids is 3. The Kier molecular flexibility index (Phi) is 5.90. The van der Waals surface area contributed by atoms with Crippen molar-refractivity contribution in [2.75, 3.05) is 7.05 Å². The van der Waals surface area contributed by atoms with Gasteiger partial charge < -0.3 is 10.6 Å². The van der Waals surface area contributed by atoms with Gasteiger partial charge >= 0.3 is 6.03 Å². The topological polar surface area (TPSA) is 99.1 Å². The number of hydrogen-bond donors (Lipinski definition) is 2. The molecule has 0 heterocycles. The number of nitrogens with one attached hydrogen (secondary N) is 2. The summed E-state index contributed by atoms with van der Waals surface area (Å²) < 4.78 is 0. The van der Waals surface area contributed by atoms with Crippen LogP contribution in [-0.4, -0.2) is 30.2 Å². The lowest BCUT2D eigenvalue weighted by Crippen LogP contribution is -2.72. The maximum Gasteiger partial charge on any atom is 0.314 e. The predicted octanol–water partition coefficient (Wildman–Crippen LogP) is 5.97. The molecule has 5 rings (SSSR count). The third-order valence-electron chi connectivity index (χ3n) is 13.1. The van der Waals surface area contributed by atoms with Crippen molar-refractivity contribution in [3.05, 3.63) is 11.6 Å². The Bertz CT molecular complexity index is 1160. The number of hydrogen-bond acceptors (Lipinski definition) is 4. The zero-order valence-electron chi connectivity index (χ0n) is 24.7. The minimum atomic E-state index is -0.622. The van der Waals surface area contributed by atoms with E-state index in [4.69, 9.17) is 0 Å². The van der Waals surface area contributed by atoms with Crippen LogP contribution in [0.15, 0.2) is 11.6 Å². The molecule has 5 aliphatic carbocycles. The molecule has 5 aliphatic rings. The van der Waals surface area contributed by atoms with Crippen molar-refractivity contribution in [3.8, 4) is 6.07 Å². The summed E-state index contributed by atoms with van der Waals surface area (Å²) in [6.45, 7) is 15.6. The molecule has 38 heavy (non-hydrogen) atoms. The number of Topliss-reactive ketones (excluding diaryl/α,β-unsaturated/α-hetero) is 2. The van der Waals surface area contributed by atoms with Gasteiger partial charge in [-0.25, -0.2) is 4.79 Å². The predicted molar refractivity (Wildman–Crippen MR) is 147 cm³/mol. The summed E-state index contributed by atoms with van der Waals surface area (Å²) >= 11 is 0.